The van der Waals surface area contributed by atoms with Crippen molar-refractivity contribution in [2.45, 2.75) is 32.7 Å². The molecule has 11 nitrogen and oxygen atoms in total. The highest BCUT2D eigenvalue weighted by atomic mass is 19.1. The lowest BCUT2D eigenvalue weighted by Crippen LogP contribution is -2.46. The Kier molecular flexibility index (Phi) is 3.58. The third-order valence-electron chi connectivity index (χ3n) is 3.98. The first kappa shape index (κ1) is 13.3. The maximum Gasteiger partial charge on any atom is 0.309 e. The van der Waals surface area contributed by atoms with Crippen LogP contribution in [0, 0.1) is 12.7 Å². The second-order valence-corrected chi connectivity index (χ2v) is 6.76. The summed E-state index contributed by atoms with van der Waals surface area (Å²) >= 11 is 0. The first-order chi connectivity index (χ1) is 18.6. The van der Waals surface area contributed by atoms with Crippen LogP contribution in [0.5, 0.6) is 5.75 Å². The highest BCUT2D eigenvalue weighted by Crippen LogP contribution is 2.20. The normalized spacial score (nSPS) is 16.2. The molecule has 2 aromatic heterocycles. The fourth-order valence-electron chi connectivity index (χ4n) is 2.55. The molecule has 0 saturated heterocycles. The Labute approximate surface area is 194 Å². The molecular weight excluding hydrogens is 423 g/mol. The number of nitrogens with one attached hydrogen (secondary N) is 2. The van der Waals surface area contributed by atoms with E-state index in [0.29, 0.717) is 0 Å². The van der Waals surface area contributed by atoms with Crippen molar-refractivity contribution in [1.29, 1.82) is 0 Å². The Morgan fingerprint density at radius 1 is 1.31 bits per heavy atom. The van der Waals surface area contributed by atoms with Crippen molar-refractivity contribution in [1.82, 2.24) is 30.4 Å². The molecule has 0 radical (unpaired) electrons. The number of rotatable bonds is 6. The van der Waals surface area contributed by atoms with E-state index in [0.717, 1.165) is 11.6 Å². The molecule has 3 rings (SSSR count). The zero-order valence-electron chi connectivity index (χ0n) is 25.7. The molecule has 0 aliphatic heterocycles. The van der Waals surface area contributed by atoms with Crippen LogP contribution in [0.3, 0.4) is 0 Å². The number of halogens is 1. The summed E-state index contributed by atoms with van der Waals surface area (Å²) in [6.07, 6.45) is 0. The van der Waals surface area contributed by atoms with E-state index in [1.807, 2.05) is 0 Å². The van der Waals surface area contributed by atoms with Crippen molar-refractivity contribution in [2.75, 3.05) is 0 Å². The van der Waals surface area contributed by atoms with Crippen LogP contribution in [0.1, 0.15) is 64.6 Å². The SMILES string of the molecule is [2H]c1c([2H])c(C([2H])([2H])NC(=O)c2nc(C(C)(C)NC(=O)c3nnc(C([2H])([2H])[2H])o3)n(C)c(=O)c2O)c([2H])c([2H])c1F. The molecule has 168 valence electrons. The van der Waals surface area contributed by atoms with Gasteiger partial charge in [-0.1, -0.05) is 12.1 Å². The number of hydrogen-bond donors (Lipinski definition) is 3. The molecule has 0 bridgehead atoms. The van der Waals surface area contributed by atoms with Gasteiger partial charge in [-0.2, -0.15) is 0 Å². The van der Waals surface area contributed by atoms with Gasteiger partial charge in [-0.15, -0.1) is 10.2 Å². The molecule has 3 aromatic rings. The first-order valence-electron chi connectivity index (χ1n) is 13.2. The van der Waals surface area contributed by atoms with Crippen molar-refractivity contribution in [2.24, 2.45) is 7.05 Å². The van der Waals surface area contributed by atoms with Crippen LogP contribution in [0.25, 0.3) is 0 Å². The molecule has 0 unspecified atom stereocenters. The number of carbonyl (C=O) groups is 2. The zero-order valence-corrected chi connectivity index (χ0v) is 16.7. The van der Waals surface area contributed by atoms with E-state index in [1.165, 1.54) is 13.8 Å². The van der Waals surface area contributed by atoms with Gasteiger partial charge in [0.15, 0.2) is 5.69 Å². The van der Waals surface area contributed by atoms with Gasteiger partial charge in [-0.3, -0.25) is 19.0 Å². The van der Waals surface area contributed by atoms with Crippen LogP contribution in [0.15, 0.2) is 33.4 Å². The minimum absolute atomic E-state index is 0.374. The van der Waals surface area contributed by atoms with Crippen LogP contribution < -0.4 is 16.2 Å². The number of nitrogens with zero attached hydrogens (tertiary/aromatic N) is 4. The third-order valence-corrected chi connectivity index (χ3v) is 3.98. The molecular formula is C20H21FN6O5. The predicted molar refractivity (Wildman–Crippen MR) is 108 cm³/mol. The summed E-state index contributed by atoms with van der Waals surface area (Å²) in [6, 6.07) is -4.63. The van der Waals surface area contributed by atoms with Crippen LogP contribution in [0.4, 0.5) is 4.39 Å². The van der Waals surface area contributed by atoms with Crippen LogP contribution in [-0.2, 0) is 19.1 Å². The van der Waals surface area contributed by atoms with E-state index in [4.69, 9.17) is 16.8 Å². The molecule has 3 N–H and O–H groups in total. The maximum atomic E-state index is 13.9. The van der Waals surface area contributed by atoms with E-state index < -0.39 is 95.0 Å². The number of amides is 2. The zero-order chi connectivity index (χ0) is 31.4. The summed E-state index contributed by atoms with van der Waals surface area (Å²) in [5.41, 5.74) is -4.96. The molecule has 0 fully saturated rings. The topological polar surface area (TPSA) is 152 Å². The van der Waals surface area contributed by atoms with E-state index in [1.54, 1.807) is 5.32 Å². The Balaban J connectivity index is 2.01. The van der Waals surface area contributed by atoms with Gasteiger partial charge in [-0.25, -0.2) is 9.37 Å². The molecule has 0 aliphatic rings. The molecule has 2 heterocycles. The van der Waals surface area contributed by atoms with Gasteiger partial charge in [-0.05, 0) is 31.5 Å². The predicted octanol–water partition coefficient (Wildman–Crippen LogP) is 0.912. The minimum atomic E-state index is -3.19. The number of hydrogen-bond acceptors (Lipinski definition) is 8. The van der Waals surface area contributed by atoms with Crippen molar-refractivity contribution >= 4 is 11.8 Å². The number of aromatic hydroxyl groups is 1. The molecule has 0 atom stereocenters. The second-order valence-electron chi connectivity index (χ2n) is 6.76. The van der Waals surface area contributed by atoms with Crippen molar-refractivity contribution in [3.8, 4) is 5.75 Å². The molecule has 0 aliphatic carbocycles. The number of carbonyl (C=O) groups excluding carboxylic acids is 2. The van der Waals surface area contributed by atoms with Gasteiger partial charge in [0.1, 0.15) is 11.6 Å². The summed E-state index contributed by atoms with van der Waals surface area (Å²) in [6.45, 7) is -3.39. The summed E-state index contributed by atoms with van der Waals surface area (Å²) < 4.78 is 88.4. The first-order valence-corrected chi connectivity index (χ1v) is 8.67. The molecule has 2 amide bonds. The smallest absolute Gasteiger partial charge is 0.309 e. The lowest BCUT2D eigenvalue weighted by Gasteiger charge is -2.27. The van der Waals surface area contributed by atoms with Gasteiger partial charge < -0.3 is 20.2 Å². The number of benzene rings is 1. The number of aromatic nitrogens is 4. The average Bonchev–Trinajstić information content (AvgIpc) is 3.35. The van der Waals surface area contributed by atoms with E-state index in [9.17, 15) is 23.9 Å². The van der Waals surface area contributed by atoms with Crippen molar-refractivity contribution < 1.29 is 35.8 Å². The van der Waals surface area contributed by atoms with E-state index in [-0.39, 0.29) is 5.82 Å². The molecule has 0 saturated carbocycles. The third kappa shape index (κ3) is 4.63. The molecule has 32 heavy (non-hydrogen) atoms. The Morgan fingerprint density at radius 2 is 2.00 bits per heavy atom. The largest absolute Gasteiger partial charge is 0.501 e. The molecule has 12 heteroatoms. The van der Waals surface area contributed by atoms with Crippen LogP contribution in [0.2, 0.25) is 0 Å². The van der Waals surface area contributed by atoms with Gasteiger partial charge >= 0.3 is 11.8 Å². The van der Waals surface area contributed by atoms with Crippen LogP contribution >= 0.6 is 0 Å². The Hall–Kier alpha value is -4.09. The Morgan fingerprint density at radius 3 is 2.62 bits per heavy atom. The van der Waals surface area contributed by atoms with Crippen LogP contribution in [-0.4, -0.2) is 36.7 Å². The fourth-order valence-corrected chi connectivity index (χ4v) is 2.55. The van der Waals surface area contributed by atoms with Gasteiger partial charge in [0, 0.05) is 24.5 Å². The van der Waals surface area contributed by atoms with Crippen molar-refractivity contribution in [3.63, 3.8) is 0 Å². The van der Waals surface area contributed by atoms with Gasteiger partial charge in [0.2, 0.25) is 11.6 Å². The number of aryl methyl sites for hydroxylation is 1. The quantitative estimate of drug-likeness (QED) is 0.498. The van der Waals surface area contributed by atoms with Gasteiger partial charge in [0.25, 0.3) is 11.5 Å². The average molecular weight is 453 g/mol. The van der Waals surface area contributed by atoms with Gasteiger partial charge in [0.05, 0.1) is 13.8 Å². The fraction of sp³-hybridized carbons (Fsp3) is 0.300. The maximum absolute atomic E-state index is 13.9. The Bertz CT molecular complexity index is 1610. The highest BCUT2D eigenvalue weighted by molar-refractivity contribution is 5.94. The summed E-state index contributed by atoms with van der Waals surface area (Å²) in [5.74, 6) is -7.37. The standard InChI is InChI=1S/C20H21FN6O5/c1-10-25-26-17(32-10)16(30)24-20(2,3)19-23-13(14(28)18(31)27(19)4)15(29)22-9-11-5-7-12(21)8-6-11/h5-8,28H,9H2,1-4H3,(H,22,29)(H,24,30)/i1D3,5D,6D,7D,8D,9D2. The summed E-state index contributed by atoms with van der Waals surface area (Å²) in [5, 5.41) is 21.0. The van der Waals surface area contributed by atoms with E-state index >= 15 is 0 Å². The minimum Gasteiger partial charge on any atom is -0.501 e. The summed E-state index contributed by atoms with van der Waals surface area (Å²) in [4.78, 5) is 42.3. The van der Waals surface area contributed by atoms with E-state index in [2.05, 4.69) is 20.5 Å². The molecule has 1 aromatic carbocycles. The van der Waals surface area contributed by atoms with Crippen molar-refractivity contribution in [3.05, 3.63) is 69.2 Å². The lowest BCUT2D eigenvalue weighted by atomic mass is 10.0. The monoisotopic (exact) mass is 453 g/mol. The summed E-state index contributed by atoms with van der Waals surface area (Å²) in [7, 11) is 1.13. The molecule has 0 spiro atoms. The highest BCUT2D eigenvalue weighted by Gasteiger charge is 2.32. The lowest BCUT2D eigenvalue weighted by molar-refractivity contribution is 0.0869. The second kappa shape index (κ2) is 8.57.